The summed E-state index contributed by atoms with van der Waals surface area (Å²) in [5.41, 5.74) is 7.03. The molecule has 0 aliphatic carbocycles. The zero-order valence-corrected chi connectivity index (χ0v) is 9.73. The van der Waals surface area contributed by atoms with Gasteiger partial charge in [-0.05, 0) is 44.4 Å². The Bertz CT molecular complexity index is 355. The largest absolute Gasteiger partial charge is 0.496 e. The van der Waals surface area contributed by atoms with E-state index >= 15 is 0 Å². The second kappa shape index (κ2) is 4.19. The summed E-state index contributed by atoms with van der Waals surface area (Å²) in [5.74, 6) is 0.321. The first kappa shape index (κ1) is 12.0. The quantitative estimate of drug-likeness (QED) is 0.833. The summed E-state index contributed by atoms with van der Waals surface area (Å²) in [6.45, 7) is 5.66. The van der Waals surface area contributed by atoms with Gasteiger partial charge in [0, 0.05) is 11.6 Å². The Hall–Kier alpha value is -1.09. The van der Waals surface area contributed by atoms with Crippen molar-refractivity contribution in [3.05, 3.63) is 29.1 Å². The van der Waals surface area contributed by atoms with E-state index in [4.69, 9.17) is 10.5 Å². The van der Waals surface area contributed by atoms with Gasteiger partial charge in [-0.15, -0.1) is 0 Å². The van der Waals surface area contributed by atoms with E-state index in [2.05, 4.69) is 0 Å². The lowest BCUT2D eigenvalue weighted by Crippen LogP contribution is -2.34. The molecule has 15 heavy (non-hydrogen) atoms. The van der Waals surface area contributed by atoms with Gasteiger partial charge in [-0.25, -0.2) is 4.39 Å². The number of rotatable bonds is 3. The third kappa shape index (κ3) is 3.20. The van der Waals surface area contributed by atoms with E-state index in [1.54, 1.807) is 6.07 Å². The molecule has 84 valence electrons. The predicted molar refractivity (Wildman–Crippen MR) is 59.7 cm³/mol. The molecule has 0 heterocycles. The third-order valence-electron chi connectivity index (χ3n) is 2.21. The number of hydrogen-bond acceptors (Lipinski definition) is 2. The van der Waals surface area contributed by atoms with Gasteiger partial charge in [0.15, 0.2) is 0 Å². The summed E-state index contributed by atoms with van der Waals surface area (Å²) in [6.07, 6.45) is 0.518. The highest BCUT2D eigenvalue weighted by Crippen LogP contribution is 2.24. The normalized spacial score (nSPS) is 11.6. The molecule has 0 radical (unpaired) electrons. The molecule has 2 N–H and O–H groups in total. The number of methoxy groups -OCH3 is 1. The Morgan fingerprint density at radius 3 is 2.47 bits per heavy atom. The molecule has 0 atom stereocenters. The van der Waals surface area contributed by atoms with E-state index in [9.17, 15) is 4.39 Å². The second-order valence-electron chi connectivity index (χ2n) is 4.58. The summed E-state index contributed by atoms with van der Waals surface area (Å²) >= 11 is 0. The summed E-state index contributed by atoms with van der Waals surface area (Å²) in [4.78, 5) is 0. The highest BCUT2D eigenvalue weighted by atomic mass is 19.1. The van der Waals surface area contributed by atoms with Crippen molar-refractivity contribution in [2.24, 2.45) is 5.73 Å². The molecule has 0 aromatic heterocycles. The third-order valence-corrected chi connectivity index (χ3v) is 2.21. The van der Waals surface area contributed by atoms with Crippen LogP contribution in [0.2, 0.25) is 0 Å². The van der Waals surface area contributed by atoms with Crippen LogP contribution in [0.1, 0.15) is 25.0 Å². The molecule has 0 aliphatic heterocycles. The standard InChI is InChI=1S/C12H18FNO/c1-8-5-9(7-12(2,3)14)10(13)6-11(8)15-4/h5-6H,7,14H2,1-4H3. The molecule has 1 aromatic carbocycles. The fourth-order valence-corrected chi connectivity index (χ4v) is 1.57. The van der Waals surface area contributed by atoms with Crippen LogP contribution in [0.25, 0.3) is 0 Å². The van der Waals surface area contributed by atoms with Crippen LogP contribution in [-0.2, 0) is 6.42 Å². The Kier molecular flexibility index (Phi) is 3.35. The van der Waals surface area contributed by atoms with E-state index < -0.39 is 5.54 Å². The number of aryl methyl sites for hydroxylation is 1. The molecular weight excluding hydrogens is 193 g/mol. The number of ether oxygens (including phenoxy) is 1. The van der Waals surface area contributed by atoms with Crippen LogP contribution in [-0.4, -0.2) is 12.6 Å². The van der Waals surface area contributed by atoms with Gasteiger partial charge in [0.1, 0.15) is 11.6 Å². The maximum Gasteiger partial charge on any atom is 0.130 e. The van der Waals surface area contributed by atoms with Crippen molar-refractivity contribution in [3.63, 3.8) is 0 Å². The van der Waals surface area contributed by atoms with Crippen molar-refractivity contribution in [3.8, 4) is 5.75 Å². The van der Waals surface area contributed by atoms with Crippen molar-refractivity contribution in [1.29, 1.82) is 0 Å². The van der Waals surface area contributed by atoms with Gasteiger partial charge in [-0.3, -0.25) is 0 Å². The number of nitrogens with two attached hydrogens (primary N) is 1. The van der Waals surface area contributed by atoms with Crippen LogP contribution in [0.4, 0.5) is 4.39 Å². The Balaban J connectivity index is 3.05. The Morgan fingerprint density at radius 2 is 2.00 bits per heavy atom. The van der Waals surface area contributed by atoms with Crippen LogP contribution < -0.4 is 10.5 Å². The van der Waals surface area contributed by atoms with Gasteiger partial charge in [-0.1, -0.05) is 0 Å². The van der Waals surface area contributed by atoms with Crippen LogP contribution in [0.15, 0.2) is 12.1 Å². The zero-order valence-electron chi connectivity index (χ0n) is 9.73. The maximum absolute atomic E-state index is 13.6. The summed E-state index contributed by atoms with van der Waals surface area (Å²) in [7, 11) is 1.54. The molecular formula is C12H18FNO. The second-order valence-corrected chi connectivity index (χ2v) is 4.58. The fraction of sp³-hybridized carbons (Fsp3) is 0.500. The lowest BCUT2D eigenvalue weighted by molar-refractivity contribution is 0.406. The number of halogens is 1. The van der Waals surface area contributed by atoms with Crippen molar-refractivity contribution < 1.29 is 9.13 Å². The molecule has 1 rings (SSSR count). The van der Waals surface area contributed by atoms with Gasteiger partial charge in [0.25, 0.3) is 0 Å². The molecule has 0 unspecified atom stereocenters. The van der Waals surface area contributed by atoms with Gasteiger partial charge in [0.2, 0.25) is 0 Å². The minimum absolute atomic E-state index is 0.254. The van der Waals surface area contributed by atoms with E-state index in [0.717, 1.165) is 5.56 Å². The fourth-order valence-electron chi connectivity index (χ4n) is 1.57. The molecule has 0 aliphatic rings. The summed E-state index contributed by atoms with van der Waals surface area (Å²) < 4.78 is 18.7. The maximum atomic E-state index is 13.6. The SMILES string of the molecule is COc1cc(F)c(CC(C)(C)N)cc1C. The molecule has 0 fully saturated rings. The van der Waals surface area contributed by atoms with Crippen molar-refractivity contribution in [2.45, 2.75) is 32.7 Å². The lowest BCUT2D eigenvalue weighted by Gasteiger charge is -2.19. The average molecular weight is 211 g/mol. The van der Waals surface area contributed by atoms with Crippen molar-refractivity contribution in [2.75, 3.05) is 7.11 Å². The molecule has 2 nitrogen and oxygen atoms in total. The highest BCUT2D eigenvalue weighted by Gasteiger charge is 2.16. The van der Waals surface area contributed by atoms with Crippen LogP contribution in [0.3, 0.4) is 0 Å². The van der Waals surface area contributed by atoms with E-state index in [1.807, 2.05) is 20.8 Å². The highest BCUT2D eigenvalue weighted by molar-refractivity contribution is 5.37. The lowest BCUT2D eigenvalue weighted by atomic mass is 9.94. The van der Waals surface area contributed by atoms with Crippen molar-refractivity contribution in [1.82, 2.24) is 0 Å². The summed E-state index contributed by atoms with van der Waals surface area (Å²) in [5, 5.41) is 0. The summed E-state index contributed by atoms with van der Waals surface area (Å²) in [6, 6.07) is 3.21. The first-order chi connectivity index (χ1) is 6.83. The Morgan fingerprint density at radius 1 is 1.40 bits per heavy atom. The zero-order chi connectivity index (χ0) is 11.6. The van der Waals surface area contributed by atoms with Gasteiger partial charge in [-0.2, -0.15) is 0 Å². The van der Waals surface area contributed by atoms with Gasteiger partial charge in [0.05, 0.1) is 7.11 Å². The van der Waals surface area contributed by atoms with Gasteiger partial charge >= 0.3 is 0 Å². The topological polar surface area (TPSA) is 35.2 Å². The average Bonchev–Trinajstić information content (AvgIpc) is 2.08. The molecule has 0 bridgehead atoms. The molecule has 0 saturated carbocycles. The van der Waals surface area contributed by atoms with E-state index in [1.165, 1.54) is 13.2 Å². The minimum Gasteiger partial charge on any atom is -0.496 e. The van der Waals surface area contributed by atoms with Crippen LogP contribution >= 0.6 is 0 Å². The molecule has 0 spiro atoms. The first-order valence-electron chi connectivity index (χ1n) is 4.95. The monoisotopic (exact) mass is 211 g/mol. The first-order valence-corrected chi connectivity index (χ1v) is 4.95. The molecule has 3 heteroatoms. The Labute approximate surface area is 90.2 Å². The van der Waals surface area contributed by atoms with E-state index in [0.29, 0.717) is 17.7 Å². The molecule has 0 saturated heterocycles. The van der Waals surface area contributed by atoms with Crippen LogP contribution in [0, 0.1) is 12.7 Å². The smallest absolute Gasteiger partial charge is 0.130 e. The minimum atomic E-state index is -0.401. The van der Waals surface area contributed by atoms with Crippen LogP contribution in [0.5, 0.6) is 5.75 Å². The molecule has 0 amide bonds. The van der Waals surface area contributed by atoms with Gasteiger partial charge < -0.3 is 10.5 Å². The van der Waals surface area contributed by atoms with E-state index in [-0.39, 0.29) is 5.82 Å². The van der Waals surface area contributed by atoms with Crippen molar-refractivity contribution >= 4 is 0 Å². The molecule has 1 aromatic rings. The predicted octanol–water partition coefficient (Wildman–Crippen LogP) is 2.42. The number of hydrogen-bond donors (Lipinski definition) is 1. The number of benzene rings is 1.